The van der Waals surface area contributed by atoms with E-state index in [1.54, 1.807) is 36.4 Å². The van der Waals surface area contributed by atoms with E-state index in [1.165, 1.54) is 13.1 Å². The highest BCUT2D eigenvalue weighted by Crippen LogP contribution is 2.29. The van der Waals surface area contributed by atoms with Crippen LogP contribution in [0.4, 0.5) is 5.69 Å². The van der Waals surface area contributed by atoms with E-state index >= 15 is 0 Å². The standard InChI is InChI=1S/C21H25N3O5/c1-5-28-19-11-15(9-10-18(19)29-14(2)21(26)27)13-22-23-20(25)16-7-6-8-17(12-16)24(3)4/h6-14H,5H2,1-4H3,(H,23,25)(H,26,27)/b22-13-/t14-/m0/s1. The third-order valence-electron chi connectivity index (χ3n) is 3.92. The lowest BCUT2D eigenvalue weighted by molar-refractivity contribution is -0.144. The number of carbonyl (C=O) groups excluding carboxylic acids is 1. The van der Waals surface area contributed by atoms with Gasteiger partial charge < -0.3 is 19.5 Å². The van der Waals surface area contributed by atoms with Gasteiger partial charge in [-0.15, -0.1) is 0 Å². The summed E-state index contributed by atoms with van der Waals surface area (Å²) in [7, 11) is 3.80. The Kier molecular flexibility index (Phi) is 7.59. The molecule has 8 nitrogen and oxygen atoms in total. The number of rotatable bonds is 9. The lowest BCUT2D eigenvalue weighted by Gasteiger charge is -2.15. The third kappa shape index (κ3) is 6.24. The highest BCUT2D eigenvalue weighted by molar-refractivity contribution is 5.95. The van der Waals surface area contributed by atoms with Crippen LogP contribution in [0.25, 0.3) is 0 Å². The maximum absolute atomic E-state index is 12.3. The van der Waals surface area contributed by atoms with E-state index in [0.717, 1.165) is 5.69 Å². The van der Waals surface area contributed by atoms with Crippen molar-refractivity contribution >= 4 is 23.8 Å². The molecule has 2 N–H and O–H groups in total. The molecule has 0 spiro atoms. The SMILES string of the molecule is CCOc1cc(/C=N\NC(=O)c2cccc(N(C)C)c2)ccc1O[C@@H](C)C(=O)O. The summed E-state index contributed by atoms with van der Waals surface area (Å²) in [4.78, 5) is 25.2. The highest BCUT2D eigenvalue weighted by Gasteiger charge is 2.15. The molecule has 1 amide bonds. The van der Waals surface area contributed by atoms with Crippen molar-refractivity contribution in [1.29, 1.82) is 0 Å². The van der Waals surface area contributed by atoms with Crippen LogP contribution in [0.2, 0.25) is 0 Å². The maximum Gasteiger partial charge on any atom is 0.344 e. The van der Waals surface area contributed by atoms with Gasteiger partial charge in [0.2, 0.25) is 0 Å². The van der Waals surface area contributed by atoms with E-state index in [4.69, 9.17) is 14.6 Å². The number of nitrogens with one attached hydrogen (secondary N) is 1. The van der Waals surface area contributed by atoms with Gasteiger partial charge in [-0.3, -0.25) is 4.79 Å². The van der Waals surface area contributed by atoms with E-state index < -0.39 is 12.1 Å². The van der Waals surface area contributed by atoms with Gasteiger partial charge in [-0.2, -0.15) is 5.10 Å². The van der Waals surface area contributed by atoms with Crippen LogP contribution in [0.1, 0.15) is 29.8 Å². The Morgan fingerprint density at radius 2 is 1.97 bits per heavy atom. The van der Waals surface area contributed by atoms with Crippen molar-refractivity contribution in [3.8, 4) is 11.5 Å². The van der Waals surface area contributed by atoms with Gasteiger partial charge in [0.05, 0.1) is 12.8 Å². The number of hydrogen-bond acceptors (Lipinski definition) is 6. The molecular formula is C21H25N3O5. The fourth-order valence-corrected chi connectivity index (χ4v) is 2.37. The van der Waals surface area contributed by atoms with Crippen molar-refractivity contribution in [3.63, 3.8) is 0 Å². The molecule has 0 radical (unpaired) electrons. The van der Waals surface area contributed by atoms with Gasteiger partial charge in [-0.05, 0) is 55.8 Å². The zero-order valence-corrected chi connectivity index (χ0v) is 16.9. The van der Waals surface area contributed by atoms with E-state index in [9.17, 15) is 9.59 Å². The van der Waals surface area contributed by atoms with Crippen LogP contribution < -0.4 is 19.8 Å². The number of hydrogen-bond donors (Lipinski definition) is 2. The molecular weight excluding hydrogens is 374 g/mol. The highest BCUT2D eigenvalue weighted by atomic mass is 16.5. The Hall–Kier alpha value is -3.55. The van der Waals surface area contributed by atoms with Crippen LogP contribution in [-0.2, 0) is 4.79 Å². The number of benzene rings is 2. The molecule has 0 aliphatic rings. The van der Waals surface area contributed by atoms with Crippen molar-refractivity contribution in [1.82, 2.24) is 5.43 Å². The fraction of sp³-hybridized carbons (Fsp3) is 0.286. The summed E-state index contributed by atoms with van der Waals surface area (Å²) < 4.78 is 10.9. The largest absolute Gasteiger partial charge is 0.490 e. The number of aliphatic carboxylic acids is 1. The Morgan fingerprint density at radius 3 is 2.62 bits per heavy atom. The summed E-state index contributed by atoms with van der Waals surface area (Å²) in [5, 5.41) is 13.0. The molecule has 0 aliphatic carbocycles. The van der Waals surface area contributed by atoms with Gasteiger partial charge in [-0.25, -0.2) is 10.2 Å². The van der Waals surface area contributed by atoms with Gasteiger partial charge in [-0.1, -0.05) is 6.07 Å². The zero-order valence-electron chi connectivity index (χ0n) is 16.9. The van der Waals surface area contributed by atoms with Gasteiger partial charge >= 0.3 is 5.97 Å². The number of nitrogens with zero attached hydrogens (tertiary/aromatic N) is 2. The Morgan fingerprint density at radius 1 is 1.21 bits per heavy atom. The minimum Gasteiger partial charge on any atom is -0.490 e. The first-order chi connectivity index (χ1) is 13.8. The third-order valence-corrected chi connectivity index (χ3v) is 3.92. The number of carboxylic acids is 1. The molecule has 2 rings (SSSR count). The van der Waals surface area contributed by atoms with Crippen LogP contribution in [0.3, 0.4) is 0 Å². The topological polar surface area (TPSA) is 100 Å². The average Bonchev–Trinajstić information content (AvgIpc) is 2.69. The number of carboxylic acid groups (broad SMARTS) is 1. The van der Waals surface area contributed by atoms with Crippen LogP contribution in [0.15, 0.2) is 47.6 Å². The minimum absolute atomic E-state index is 0.323. The molecule has 0 saturated heterocycles. The molecule has 0 aromatic heterocycles. The predicted molar refractivity (Wildman–Crippen MR) is 111 cm³/mol. The summed E-state index contributed by atoms with van der Waals surface area (Å²) in [5.41, 5.74) is 4.55. The molecule has 0 heterocycles. The predicted octanol–water partition coefficient (Wildman–Crippen LogP) is 2.77. The van der Waals surface area contributed by atoms with E-state index in [0.29, 0.717) is 29.2 Å². The maximum atomic E-state index is 12.3. The van der Waals surface area contributed by atoms with E-state index in [1.807, 2.05) is 32.0 Å². The minimum atomic E-state index is -1.07. The second-order valence-corrected chi connectivity index (χ2v) is 6.38. The average molecular weight is 399 g/mol. The smallest absolute Gasteiger partial charge is 0.344 e. The van der Waals surface area contributed by atoms with Crippen LogP contribution in [0, 0.1) is 0 Å². The van der Waals surface area contributed by atoms with E-state index in [2.05, 4.69) is 10.5 Å². The summed E-state index contributed by atoms with van der Waals surface area (Å²) in [5.74, 6) is -0.678. The Bertz CT molecular complexity index is 896. The number of hydrazone groups is 1. The quantitative estimate of drug-likeness (QED) is 0.497. The number of anilines is 1. The number of carbonyl (C=O) groups is 2. The molecule has 0 bridgehead atoms. The Balaban J connectivity index is 2.09. The molecule has 1 atom stereocenters. The molecule has 8 heteroatoms. The van der Waals surface area contributed by atoms with Crippen LogP contribution in [-0.4, -0.2) is 50.0 Å². The van der Waals surface area contributed by atoms with Gasteiger partial charge in [0.1, 0.15) is 0 Å². The summed E-state index contributed by atoms with van der Waals surface area (Å²) in [6, 6.07) is 12.1. The van der Waals surface area contributed by atoms with Crippen molar-refractivity contribution in [2.75, 3.05) is 25.6 Å². The molecule has 0 unspecified atom stereocenters. The first-order valence-corrected chi connectivity index (χ1v) is 9.09. The summed E-state index contributed by atoms with van der Waals surface area (Å²) in [6.45, 7) is 3.64. The lowest BCUT2D eigenvalue weighted by Crippen LogP contribution is -2.23. The number of ether oxygens (including phenoxy) is 2. The first-order valence-electron chi connectivity index (χ1n) is 9.09. The van der Waals surface area contributed by atoms with Crippen LogP contribution >= 0.6 is 0 Å². The fourth-order valence-electron chi connectivity index (χ4n) is 2.37. The zero-order chi connectivity index (χ0) is 21.4. The molecule has 0 saturated carbocycles. The normalized spacial score (nSPS) is 11.7. The van der Waals surface area contributed by atoms with Gasteiger partial charge in [0.25, 0.3) is 5.91 Å². The summed E-state index contributed by atoms with van der Waals surface area (Å²) >= 11 is 0. The van der Waals surface area contributed by atoms with E-state index in [-0.39, 0.29) is 5.91 Å². The molecule has 154 valence electrons. The monoisotopic (exact) mass is 399 g/mol. The lowest BCUT2D eigenvalue weighted by atomic mass is 10.2. The van der Waals surface area contributed by atoms with Gasteiger partial charge in [0.15, 0.2) is 17.6 Å². The number of amides is 1. The molecule has 0 aliphatic heterocycles. The molecule has 29 heavy (non-hydrogen) atoms. The molecule has 2 aromatic carbocycles. The van der Waals surface area contributed by atoms with Crippen molar-refractivity contribution < 1.29 is 24.2 Å². The molecule has 0 fully saturated rings. The molecule has 2 aromatic rings. The Labute approximate surface area is 169 Å². The van der Waals surface area contributed by atoms with Crippen molar-refractivity contribution in [2.45, 2.75) is 20.0 Å². The first kappa shape index (κ1) is 21.7. The summed E-state index contributed by atoms with van der Waals surface area (Å²) in [6.07, 6.45) is 0.464. The van der Waals surface area contributed by atoms with Crippen LogP contribution in [0.5, 0.6) is 11.5 Å². The van der Waals surface area contributed by atoms with Gasteiger partial charge in [0, 0.05) is 25.3 Å². The second kappa shape index (κ2) is 10.1. The van der Waals surface area contributed by atoms with Crippen molar-refractivity contribution in [3.05, 3.63) is 53.6 Å². The second-order valence-electron chi connectivity index (χ2n) is 6.38. The van der Waals surface area contributed by atoms with Crippen molar-refractivity contribution in [2.24, 2.45) is 5.10 Å².